The number of hydrogen-bond acceptors (Lipinski definition) is 3. The van der Waals surface area contributed by atoms with Gasteiger partial charge >= 0.3 is 0 Å². The third kappa shape index (κ3) is 3.26. The SMILES string of the molecule is CC1(C)C(CNc2ccccc2)C1c1ccc(S(N)(=O)=O)cc1. The lowest BCUT2D eigenvalue weighted by Crippen LogP contribution is -2.11. The van der Waals surface area contributed by atoms with Crippen LogP contribution in [0.4, 0.5) is 5.69 Å². The molecule has 0 aromatic heterocycles. The van der Waals surface area contributed by atoms with Gasteiger partial charge < -0.3 is 5.32 Å². The summed E-state index contributed by atoms with van der Waals surface area (Å²) in [6, 6.07) is 17.1. The normalized spacial score (nSPS) is 22.6. The highest BCUT2D eigenvalue weighted by molar-refractivity contribution is 7.89. The predicted octanol–water partition coefficient (Wildman–Crippen LogP) is 3.19. The zero-order valence-corrected chi connectivity index (χ0v) is 14.2. The Hall–Kier alpha value is -1.85. The van der Waals surface area contributed by atoms with E-state index < -0.39 is 10.0 Å². The van der Waals surface area contributed by atoms with Gasteiger partial charge in [0, 0.05) is 12.2 Å². The maximum Gasteiger partial charge on any atom is 0.238 e. The van der Waals surface area contributed by atoms with Crippen LogP contribution in [0.3, 0.4) is 0 Å². The number of para-hydroxylation sites is 1. The molecule has 0 bridgehead atoms. The molecule has 1 aliphatic carbocycles. The van der Waals surface area contributed by atoms with Crippen LogP contribution < -0.4 is 10.5 Å². The number of rotatable bonds is 5. The van der Waals surface area contributed by atoms with Gasteiger partial charge in [-0.05, 0) is 47.1 Å². The Labute approximate surface area is 137 Å². The molecular weight excluding hydrogens is 308 g/mol. The van der Waals surface area contributed by atoms with Crippen molar-refractivity contribution in [2.75, 3.05) is 11.9 Å². The molecule has 1 saturated carbocycles. The van der Waals surface area contributed by atoms with E-state index in [1.165, 1.54) is 5.56 Å². The maximum absolute atomic E-state index is 11.3. The Morgan fingerprint density at radius 2 is 1.65 bits per heavy atom. The van der Waals surface area contributed by atoms with E-state index >= 15 is 0 Å². The first-order valence-corrected chi connectivity index (χ1v) is 9.26. The van der Waals surface area contributed by atoms with E-state index in [4.69, 9.17) is 5.14 Å². The van der Waals surface area contributed by atoms with Crippen LogP contribution in [0.25, 0.3) is 0 Å². The fourth-order valence-electron chi connectivity index (χ4n) is 3.44. The summed E-state index contributed by atoms with van der Waals surface area (Å²) >= 11 is 0. The highest BCUT2D eigenvalue weighted by Crippen LogP contribution is 2.64. The minimum absolute atomic E-state index is 0.165. The Morgan fingerprint density at radius 1 is 1.04 bits per heavy atom. The Kier molecular flexibility index (Phi) is 3.94. The molecule has 122 valence electrons. The van der Waals surface area contributed by atoms with E-state index in [2.05, 4.69) is 31.3 Å². The third-order valence-electron chi connectivity index (χ3n) is 4.92. The lowest BCUT2D eigenvalue weighted by molar-refractivity contribution is 0.565. The van der Waals surface area contributed by atoms with Gasteiger partial charge in [-0.1, -0.05) is 44.2 Å². The second-order valence-corrected chi connectivity index (χ2v) is 8.33. The minimum atomic E-state index is -3.63. The maximum atomic E-state index is 11.3. The molecule has 2 atom stereocenters. The molecule has 2 aromatic rings. The van der Waals surface area contributed by atoms with Crippen LogP contribution in [-0.4, -0.2) is 15.0 Å². The monoisotopic (exact) mass is 330 g/mol. The van der Waals surface area contributed by atoms with Gasteiger partial charge in [0.05, 0.1) is 4.90 Å². The molecule has 2 aromatic carbocycles. The summed E-state index contributed by atoms with van der Waals surface area (Å²) in [6.45, 7) is 5.41. The first-order valence-electron chi connectivity index (χ1n) is 7.72. The predicted molar refractivity (Wildman–Crippen MR) is 92.8 cm³/mol. The number of nitrogens with one attached hydrogen (secondary N) is 1. The van der Waals surface area contributed by atoms with Crippen molar-refractivity contribution in [3.63, 3.8) is 0 Å². The van der Waals surface area contributed by atoms with Gasteiger partial charge in [0.2, 0.25) is 10.0 Å². The molecule has 4 nitrogen and oxygen atoms in total. The molecule has 0 heterocycles. The molecule has 3 N–H and O–H groups in total. The summed E-state index contributed by atoms with van der Waals surface area (Å²) < 4.78 is 22.7. The van der Waals surface area contributed by atoms with Crippen molar-refractivity contribution in [2.24, 2.45) is 16.5 Å². The van der Waals surface area contributed by atoms with Crippen molar-refractivity contribution in [3.8, 4) is 0 Å². The highest BCUT2D eigenvalue weighted by Gasteiger charge is 2.57. The van der Waals surface area contributed by atoms with E-state index in [0.29, 0.717) is 11.8 Å². The van der Waals surface area contributed by atoms with Crippen LogP contribution in [0.1, 0.15) is 25.3 Å². The lowest BCUT2D eigenvalue weighted by Gasteiger charge is -2.06. The number of primary sulfonamides is 1. The average Bonchev–Trinajstić information content (AvgIpc) is 3.06. The standard InChI is InChI=1S/C18H22N2O2S/c1-18(2)16(12-20-14-6-4-3-5-7-14)17(18)13-8-10-15(11-9-13)23(19,21)22/h3-11,16-17,20H,12H2,1-2H3,(H2,19,21,22). The zero-order chi connectivity index (χ0) is 16.7. The topological polar surface area (TPSA) is 72.2 Å². The summed E-state index contributed by atoms with van der Waals surface area (Å²) in [5.41, 5.74) is 2.49. The third-order valence-corrected chi connectivity index (χ3v) is 5.85. The molecule has 0 amide bonds. The van der Waals surface area contributed by atoms with Crippen LogP contribution in [0, 0.1) is 11.3 Å². The highest BCUT2D eigenvalue weighted by atomic mass is 32.2. The van der Waals surface area contributed by atoms with E-state index in [1.807, 2.05) is 30.3 Å². The van der Waals surface area contributed by atoms with Crippen molar-refractivity contribution in [1.29, 1.82) is 0 Å². The summed E-state index contributed by atoms with van der Waals surface area (Å²) in [4.78, 5) is 0.165. The van der Waals surface area contributed by atoms with Crippen LogP contribution in [0.2, 0.25) is 0 Å². The number of anilines is 1. The van der Waals surface area contributed by atoms with Crippen LogP contribution >= 0.6 is 0 Å². The Balaban J connectivity index is 1.71. The first-order chi connectivity index (χ1) is 10.8. The molecule has 0 saturated heterocycles. The zero-order valence-electron chi connectivity index (χ0n) is 13.4. The van der Waals surface area contributed by atoms with E-state index in [-0.39, 0.29) is 10.3 Å². The van der Waals surface area contributed by atoms with Gasteiger partial charge in [-0.25, -0.2) is 13.6 Å². The molecule has 1 aliphatic rings. The second-order valence-electron chi connectivity index (χ2n) is 6.77. The number of sulfonamides is 1. The van der Waals surface area contributed by atoms with Crippen LogP contribution in [0.5, 0.6) is 0 Å². The fourth-order valence-corrected chi connectivity index (χ4v) is 3.95. The summed E-state index contributed by atoms with van der Waals surface area (Å²) in [7, 11) is -3.63. The van der Waals surface area contributed by atoms with Gasteiger partial charge in [0.25, 0.3) is 0 Å². The summed E-state index contributed by atoms with van der Waals surface area (Å²) in [5, 5.41) is 8.64. The number of nitrogens with two attached hydrogens (primary N) is 1. The smallest absolute Gasteiger partial charge is 0.238 e. The largest absolute Gasteiger partial charge is 0.385 e. The van der Waals surface area contributed by atoms with Gasteiger partial charge in [-0.2, -0.15) is 0 Å². The van der Waals surface area contributed by atoms with Crippen molar-refractivity contribution >= 4 is 15.7 Å². The second kappa shape index (κ2) is 5.65. The Morgan fingerprint density at radius 3 is 2.22 bits per heavy atom. The van der Waals surface area contributed by atoms with Gasteiger partial charge in [0.15, 0.2) is 0 Å². The molecule has 3 rings (SSSR count). The van der Waals surface area contributed by atoms with Crippen LogP contribution in [0.15, 0.2) is 59.5 Å². The number of benzene rings is 2. The Bertz CT molecular complexity index is 784. The van der Waals surface area contributed by atoms with Crippen molar-refractivity contribution < 1.29 is 8.42 Å². The molecule has 0 aliphatic heterocycles. The van der Waals surface area contributed by atoms with E-state index in [1.54, 1.807) is 12.1 Å². The summed E-state index contributed by atoms with van der Waals surface area (Å²) in [5.74, 6) is 0.941. The minimum Gasteiger partial charge on any atom is -0.385 e. The van der Waals surface area contributed by atoms with Crippen molar-refractivity contribution in [3.05, 3.63) is 60.2 Å². The molecule has 1 fully saturated rings. The molecule has 0 spiro atoms. The fraction of sp³-hybridized carbons (Fsp3) is 0.333. The molecule has 0 radical (unpaired) electrons. The molecule has 5 heteroatoms. The van der Waals surface area contributed by atoms with Gasteiger partial charge in [-0.15, -0.1) is 0 Å². The first kappa shape index (κ1) is 16.0. The molecular formula is C18H22N2O2S. The number of hydrogen-bond donors (Lipinski definition) is 2. The lowest BCUT2D eigenvalue weighted by atomic mass is 10.0. The average molecular weight is 330 g/mol. The van der Waals surface area contributed by atoms with Crippen molar-refractivity contribution in [2.45, 2.75) is 24.7 Å². The van der Waals surface area contributed by atoms with E-state index in [0.717, 1.165) is 12.2 Å². The summed E-state index contributed by atoms with van der Waals surface area (Å²) in [6.07, 6.45) is 0. The quantitative estimate of drug-likeness (QED) is 0.884. The molecule has 23 heavy (non-hydrogen) atoms. The van der Waals surface area contributed by atoms with Gasteiger partial charge in [-0.3, -0.25) is 0 Å². The van der Waals surface area contributed by atoms with Gasteiger partial charge in [0.1, 0.15) is 0 Å². The van der Waals surface area contributed by atoms with Crippen molar-refractivity contribution in [1.82, 2.24) is 0 Å². The van der Waals surface area contributed by atoms with E-state index in [9.17, 15) is 8.42 Å². The van der Waals surface area contributed by atoms with Crippen LogP contribution in [-0.2, 0) is 10.0 Å². The molecule has 2 unspecified atom stereocenters.